The van der Waals surface area contributed by atoms with Crippen LogP contribution in [0.3, 0.4) is 0 Å². The predicted molar refractivity (Wildman–Crippen MR) is 68.8 cm³/mol. The van der Waals surface area contributed by atoms with Crippen molar-refractivity contribution in [2.75, 3.05) is 13.7 Å². The van der Waals surface area contributed by atoms with Gasteiger partial charge in [-0.3, -0.25) is 9.69 Å². The van der Waals surface area contributed by atoms with Crippen molar-refractivity contribution in [3.8, 4) is 0 Å². The summed E-state index contributed by atoms with van der Waals surface area (Å²) in [4.78, 5) is 24.6. The lowest BCUT2D eigenvalue weighted by Crippen LogP contribution is -2.39. The van der Waals surface area contributed by atoms with E-state index in [4.69, 9.17) is 10.2 Å². The Hall–Kier alpha value is -1.86. The highest BCUT2D eigenvalue weighted by Gasteiger charge is 2.35. The third kappa shape index (κ3) is 2.83. The summed E-state index contributed by atoms with van der Waals surface area (Å²) in [6.07, 6.45) is -0.262. The van der Waals surface area contributed by atoms with Crippen LogP contribution in [0, 0.1) is 6.92 Å². The van der Waals surface area contributed by atoms with Crippen LogP contribution in [0.5, 0.6) is 0 Å². The van der Waals surface area contributed by atoms with Gasteiger partial charge < -0.3 is 20.0 Å². The fraction of sp³-hybridized carbons (Fsp3) is 0.538. The normalized spacial score (nSPS) is 22.9. The third-order valence-electron chi connectivity index (χ3n) is 3.44. The molecule has 7 nitrogen and oxygen atoms in total. The van der Waals surface area contributed by atoms with Crippen molar-refractivity contribution >= 4 is 11.9 Å². The molecule has 1 saturated heterocycles. The van der Waals surface area contributed by atoms with Gasteiger partial charge in [0.05, 0.1) is 25.8 Å². The van der Waals surface area contributed by atoms with Gasteiger partial charge in [-0.2, -0.15) is 0 Å². The minimum absolute atomic E-state index is 0.308. The monoisotopic (exact) mass is 282 g/mol. The maximum Gasteiger partial charge on any atom is 0.341 e. The van der Waals surface area contributed by atoms with Crippen LogP contribution in [0.25, 0.3) is 0 Å². The second-order valence-electron chi connectivity index (χ2n) is 4.91. The van der Waals surface area contributed by atoms with Crippen LogP contribution in [0.4, 0.5) is 0 Å². The molecule has 0 aromatic carbocycles. The van der Waals surface area contributed by atoms with Gasteiger partial charge in [0.15, 0.2) is 0 Å². The number of aliphatic hydroxyl groups is 1. The quantitative estimate of drug-likeness (QED) is 0.740. The Kier molecular flexibility index (Phi) is 4.10. The van der Waals surface area contributed by atoms with Gasteiger partial charge in [-0.05, 0) is 19.4 Å². The first kappa shape index (κ1) is 14.5. The SMILES string of the molecule is COC(=O)c1cc(CN2C[C@H](O)C[C@H]2C(N)=O)oc1C. The summed E-state index contributed by atoms with van der Waals surface area (Å²) in [5.41, 5.74) is 5.67. The van der Waals surface area contributed by atoms with Crippen molar-refractivity contribution in [3.63, 3.8) is 0 Å². The number of hydrogen-bond acceptors (Lipinski definition) is 6. The predicted octanol–water partition coefficient (Wildman–Crippen LogP) is -0.205. The molecule has 1 aliphatic rings. The summed E-state index contributed by atoms with van der Waals surface area (Å²) in [6, 6.07) is 1.07. The number of β-amino-alcohol motifs (C(OH)–C–C–N with tert-alkyl or cyclic N) is 1. The molecule has 2 rings (SSSR count). The molecule has 1 aromatic rings. The number of nitrogens with two attached hydrogens (primary N) is 1. The molecular weight excluding hydrogens is 264 g/mol. The Morgan fingerprint density at radius 2 is 2.30 bits per heavy atom. The first-order chi connectivity index (χ1) is 9.42. The molecule has 3 N–H and O–H groups in total. The van der Waals surface area contributed by atoms with E-state index in [1.165, 1.54) is 7.11 Å². The molecule has 20 heavy (non-hydrogen) atoms. The first-order valence-electron chi connectivity index (χ1n) is 6.31. The van der Waals surface area contributed by atoms with E-state index in [-0.39, 0.29) is 0 Å². The number of ether oxygens (including phenoxy) is 1. The number of furan rings is 1. The van der Waals surface area contributed by atoms with E-state index < -0.39 is 24.0 Å². The second-order valence-corrected chi connectivity index (χ2v) is 4.91. The van der Waals surface area contributed by atoms with E-state index in [9.17, 15) is 14.7 Å². The summed E-state index contributed by atoms with van der Waals surface area (Å²) in [5, 5.41) is 9.63. The number of rotatable bonds is 4. The van der Waals surface area contributed by atoms with Crippen molar-refractivity contribution in [1.29, 1.82) is 0 Å². The number of carbonyl (C=O) groups is 2. The molecule has 1 aromatic heterocycles. The highest BCUT2D eigenvalue weighted by Crippen LogP contribution is 2.23. The van der Waals surface area contributed by atoms with Crippen LogP contribution in [-0.4, -0.2) is 47.7 Å². The van der Waals surface area contributed by atoms with E-state index in [0.717, 1.165) is 0 Å². The number of aliphatic hydroxyl groups excluding tert-OH is 1. The molecule has 0 radical (unpaired) electrons. The highest BCUT2D eigenvalue weighted by molar-refractivity contribution is 5.90. The Balaban J connectivity index is 2.14. The topological polar surface area (TPSA) is 106 Å². The molecule has 1 amide bonds. The maximum absolute atomic E-state index is 11.5. The van der Waals surface area contributed by atoms with Gasteiger partial charge in [-0.25, -0.2) is 4.79 Å². The number of carbonyl (C=O) groups excluding carboxylic acids is 2. The molecule has 7 heteroatoms. The van der Waals surface area contributed by atoms with E-state index in [0.29, 0.717) is 36.6 Å². The number of primary amides is 1. The van der Waals surface area contributed by atoms with Crippen LogP contribution in [0.1, 0.15) is 28.3 Å². The van der Waals surface area contributed by atoms with Gasteiger partial charge in [0.25, 0.3) is 0 Å². The number of nitrogens with zero attached hydrogens (tertiary/aromatic N) is 1. The number of hydrogen-bond donors (Lipinski definition) is 2. The highest BCUT2D eigenvalue weighted by atomic mass is 16.5. The minimum atomic E-state index is -0.580. The summed E-state index contributed by atoms with van der Waals surface area (Å²) < 4.78 is 10.1. The zero-order chi connectivity index (χ0) is 14.9. The molecular formula is C13H18N2O5. The van der Waals surface area contributed by atoms with E-state index >= 15 is 0 Å². The molecule has 2 heterocycles. The smallest absolute Gasteiger partial charge is 0.341 e. The zero-order valence-electron chi connectivity index (χ0n) is 11.5. The number of likely N-dealkylation sites (tertiary alicyclic amines) is 1. The Labute approximate surface area is 116 Å². The van der Waals surface area contributed by atoms with Crippen LogP contribution in [0.2, 0.25) is 0 Å². The van der Waals surface area contributed by atoms with E-state index in [2.05, 4.69) is 4.74 Å². The fourth-order valence-electron chi connectivity index (χ4n) is 2.48. The number of esters is 1. The summed E-state index contributed by atoms with van der Waals surface area (Å²) in [7, 11) is 1.30. The standard InChI is InChI=1S/C13H18N2O5/c1-7-10(13(18)19-2)4-9(20-7)6-15-5-8(16)3-11(15)12(14)17/h4,8,11,16H,3,5-6H2,1-2H3,(H2,14,17)/t8-,11+/m1/s1. The molecule has 1 fully saturated rings. The molecule has 2 atom stereocenters. The molecule has 110 valence electrons. The number of aryl methyl sites for hydroxylation is 1. The molecule has 0 saturated carbocycles. The fourth-order valence-corrected chi connectivity index (χ4v) is 2.48. The number of methoxy groups -OCH3 is 1. The minimum Gasteiger partial charge on any atom is -0.465 e. The lowest BCUT2D eigenvalue weighted by molar-refractivity contribution is -0.122. The van der Waals surface area contributed by atoms with Crippen molar-refractivity contribution in [1.82, 2.24) is 4.90 Å². The van der Waals surface area contributed by atoms with Gasteiger partial charge in [0.2, 0.25) is 5.91 Å². The third-order valence-corrected chi connectivity index (χ3v) is 3.44. The number of amides is 1. The molecule has 0 unspecified atom stereocenters. The van der Waals surface area contributed by atoms with E-state index in [1.54, 1.807) is 17.9 Å². The van der Waals surface area contributed by atoms with Crippen molar-refractivity contribution in [3.05, 3.63) is 23.2 Å². The van der Waals surface area contributed by atoms with Gasteiger partial charge in [0, 0.05) is 6.54 Å². The summed E-state index contributed by atoms with van der Waals surface area (Å²) >= 11 is 0. The van der Waals surface area contributed by atoms with Gasteiger partial charge >= 0.3 is 5.97 Å². The zero-order valence-corrected chi connectivity index (χ0v) is 11.5. The van der Waals surface area contributed by atoms with E-state index in [1.807, 2.05) is 0 Å². The van der Waals surface area contributed by atoms with Crippen LogP contribution in [0.15, 0.2) is 10.5 Å². The lowest BCUT2D eigenvalue weighted by atomic mass is 10.2. The molecule has 1 aliphatic heterocycles. The van der Waals surface area contributed by atoms with Crippen LogP contribution < -0.4 is 5.73 Å². The molecule has 0 spiro atoms. The summed E-state index contributed by atoms with van der Waals surface area (Å²) in [5.74, 6) is 0.0499. The average Bonchev–Trinajstić information content (AvgIpc) is 2.92. The lowest BCUT2D eigenvalue weighted by Gasteiger charge is -2.19. The van der Waals surface area contributed by atoms with Gasteiger partial charge in [-0.1, -0.05) is 0 Å². The van der Waals surface area contributed by atoms with Crippen molar-refractivity contribution in [2.45, 2.75) is 32.0 Å². The Bertz CT molecular complexity index is 525. The Morgan fingerprint density at radius 1 is 1.60 bits per heavy atom. The largest absolute Gasteiger partial charge is 0.465 e. The van der Waals surface area contributed by atoms with Crippen molar-refractivity contribution < 1.29 is 23.8 Å². The van der Waals surface area contributed by atoms with Crippen molar-refractivity contribution in [2.24, 2.45) is 5.73 Å². The first-order valence-corrected chi connectivity index (χ1v) is 6.31. The van der Waals surface area contributed by atoms with Gasteiger partial charge in [-0.15, -0.1) is 0 Å². The molecule has 0 aliphatic carbocycles. The second kappa shape index (κ2) is 5.64. The average molecular weight is 282 g/mol. The van der Waals surface area contributed by atoms with Gasteiger partial charge in [0.1, 0.15) is 17.1 Å². The molecule has 0 bridgehead atoms. The Morgan fingerprint density at radius 3 is 2.90 bits per heavy atom. The summed E-state index contributed by atoms with van der Waals surface area (Å²) in [6.45, 7) is 2.32. The maximum atomic E-state index is 11.5. The van der Waals surface area contributed by atoms with Crippen LogP contribution in [-0.2, 0) is 16.1 Å². The van der Waals surface area contributed by atoms with Crippen LogP contribution >= 0.6 is 0 Å².